The molecule has 1 unspecified atom stereocenters. The number of carbonyl (C=O) groups excluding carboxylic acids is 2. The maximum absolute atomic E-state index is 12.7. The fourth-order valence-corrected chi connectivity index (χ4v) is 2.44. The molecule has 2 rings (SSSR count). The van der Waals surface area contributed by atoms with E-state index in [1.165, 1.54) is 7.11 Å². The van der Waals surface area contributed by atoms with Crippen molar-refractivity contribution < 1.29 is 24.2 Å². The summed E-state index contributed by atoms with van der Waals surface area (Å²) in [5, 5.41) is 13.9. The summed E-state index contributed by atoms with van der Waals surface area (Å²) < 4.78 is 5.46. The Balaban J connectivity index is 2.04. The van der Waals surface area contributed by atoms with Gasteiger partial charge in [-0.15, -0.1) is 0 Å². The number of rotatable bonds is 8. The number of benzene rings is 2. The lowest BCUT2D eigenvalue weighted by molar-refractivity contribution is -0.137. The van der Waals surface area contributed by atoms with Crippen molar-refractivity contribution in [1.82, 2.24) is 5.32 Å². The molecular weight excluding hydrogens is 348 g/mol. The Morgan fingerprint density at radius 1 is 1.04 bits per heavy atom. The van der Waals surface area contributed by atoms with Gasteiger partial charge in [-0.2, -0.15) is 0 Å². The second-order valence-electron chi connectivity index (χ2n) is 6.03. The maximum Gasteiger partial charge on any atom is 0.305 e. The first-order valence-electron chi connectivity index (χ1n) is 8.39. The van der Waals surface area contributed by atoms with Crippen LogP contribution in [0.15, 0.2) is 54.6 Å². The van der Waals surface area contributed by atoms with Gasteiger partial charge in [0.1, 0.15) is 0 Å². The van der Waals surface area contributed by atoms with Gasteiger partial charge in [-0.25, -0.2) is 0 Å². The molecule has 0 aromatic heterocycles. The van der Waals surface area contributed by atoms with E-state index in [1.807, 2.05) is 30.3 Å². The van der Waals surface area contributed by atoms with Crippen LogP contribution in [0.2, 0.25) is 0 Å². The van der Waals surface area contributed by atoms with E-state index >= 15 is 0 Å². The van der Waals surface area contributed by atoms with Gasteiger partial charge < -0.3 is 20.5 Å². The second kappa shape index (κ2) is 8.95. The summed E-state index contributed by atoms with van der Waals surface area (Å²) in [6.07, 6.45) is -0.144. The molecule has 3 N–H and O–H groups in total. The van der Waals surface area contributed by atoms with Gasteiger partial charge in [-0.3, -0.25) is 14.4 Å². The molecule has 0 saturated carbocycles. The third-order valence-electron chi connectivity index (χ3n) is 4.20. The molecule has 2 amide bonds. The molecule has 1 atom stereocenters. The summed E-state index contributed by atoms with van der Waals surface area (Å²) in [6.45, 7) is 1.73. The Morgan fingerprint density at radius 3 is 2.22 bits per heavy atom. The van der Waals surface area contributed by atoms with E-state index < -0.39 is 11.6 Å². The highest BCUT2D eigenvalue weighted by atomic mass is 16.5. The number of carboxylic acids is 1. The van der Waals surface area contributed by atoms with E-state index in [0.29, 0.717) is 11.3 Å². The highest BCUT2D eigenvalue weighted by Gasteiger charge is 2.35. The molecule has 7 heteroatoms. The average molecular weight is 370 g/mol. The van der Waals surface area contributed by atoms with Gasteiger partial charge in [0.2, 0.25) is 0 Å². The molecule has 0 spiro atoms. The molecule has 2 aromatic rings. The fourth-order valence-electron chi connectivity index (χ4n) is 2.44. The molecule has 0 fully saturated rings. The quantitative estimate of drug-likeness (QED) is 0.662. The Labute approximate surface area is 157 Å². The van der Waals surface area contributed by atoms with Crippen molar-refractivity contribution in [2.75, 3.05) is 19.0 Å². The van der Waals surface area contributed by atoms with Crippen molar-refractivity contribution in [3.05, 3.63) is 65.7 Å². The van der Waals surface area contributed by atoms with E-state index in [1.54, 1.807) is 31.2 Å². The number of hydrogen-bond donors (Lipinski definition) is 3. The Kier molecular flexibility index (Phi) is 6.67. The van der Waals surface area contributed by atoms with Crippen LogP contribution in [0.5, 0.6) is 0 Å². The van der Waals surface area contributed by atoms with Gasteiger partial charge in [0, 0.05) is 24.9 Å². The third-order valence-corrected chi connectivity index (χ3v) is 4.20. The normalized spacial score (nSPS) is 12.7. The minimum absolute atomic E-state index is 0.0515. The molecule has 0 bridgehead atoms. The number of hydrogen-bond acceptors (Lipinski definition) is 4. The van der Waals surface area contributed by atoms with E-state index in [2.05, 4.69) is 10.6 Å². The zero-order valence-corrected chi connectivity index (χ0v) is 15.2. The standard InChI is InChI=1S/C20H22N2O5/c1-20(27-2,15-6-4-3-5-7-15)19(26)22-16-10-8-14(9-11-16)18(25)21-13-12-17(23)24/h3-11H,12-13H2,1-2H3,(H,21,25)(H,22,26)(H,23,24). The monoisotopic (exact) mass is 370 g/mol. The number of amides is 2. The Bertz CT molecular complexity index is 805. The zero-order chi connectivity index (χ0) is 19.9. The van der Waals surface area contributed by atoms with Gasteiger partial charge in [-0.05, 0) is 36.8 Å². The SMILES string of the molecule is COC(C)(C(=O)Nc1ccc(C(=O)NCCC(=O)O)cc1)c1ccccc1. The first-order chi connectivity index (χ1) is 12.9. The van der Waals surface area contributed by atoms with Crippen molar-refractivity contribution in [2.45, 2.75) is 18.9 Å². The number of carbonyl (C=O) groups is 3. The zero-order valence-electron chi connectivity index (χ0n) is 15.2. The number of anilines is 1. The van der Waals surface area contributed by atoms with Gasteiger partial charge in [-0.1, -0.05) is 30.3 Å². The highest BCUT2D eigenvalue weighted by molar-refractivity contribution is 5.99. The Morgan fingerprint density at radius 2 is 1.67 bits per heavy atom. The molecule has 7 nitrogen and oxygen atoms in total. The van der Waals surface area contributed by atoms with Crippen LogP contribution in [0.3, 0.4) is 0 Å². The Hall–Kier alpha value is -3.19. The summed E-state index contributed by atoms with van der Waals surface area (Å²) in [5.74, 6) is -1.69. The number of methoxy groups -OCH3 is 1. The van der Waals surface area contributed by atoms with Crippen LogP contribution in [0.25, 0.3) is 0 Å². The molecule has 0 aliphatic carbocycles. The highest BCUT2D eigenvalue weighted by Crippen LogP contribution is 2.26. The maximum atomic E-state index is 12.7. The molecule has 27 heavy (non-hydrogen) atoms. The molecule has 0 heterocycles. The van der Waals surface area contributed by atoms with Crippen LogP contribution in [-0.2, 0) is 19.9 Å². The van der Waals surface area contributed by atoms with E-state index in [-0.39, 0.29) is 24.8 Å². The lowest BCUT2D eigenvalue weighted by atomic mass is 9.94. The number of nitrogens with one attached hydrogen (secondary N) is 2. The molecule has 0 aliphatic rings. The predicted molar refractivity (Wildman–Crippen MR) is 100 cm³/mol. The van der Waals surface area contributed by atoms with Crippen LogP contribution >= 0.6 is 0 Å². The van der Waals surface area contributed by atoms with E-state index in [4.69, 9.17) is 9.84 Å². The fraction of sp³-hybridized carbons (Fsp3) is 0.250. The predicted octanol–water partition coefficient (Wildman–Crippen LogP) is 2.39. The minimum atomic E-state index is -1.16. The molecule has 0 aliphatic heterocycles. The third kappa shape index (κ3) is 5.15. The largest absolute Gasteiger partial charge is 0.481 e. The average Bonchev–Trinajstić information content (AvgIpc) is 2.68. The van der Waals surface area contributed by atoms with Crippen LogP contribution < -0.4 is 10.6 Å². The van der Waals surface area contributed by atoms with Crippen LogP contribution in [0.1, 0.15) is 29.3 Å². The number of carboxylic acid groups (broad SMARTS) is 1. The summed E-state index contributed by atoms with van der Waals surface area (Å²) in [5.41, 5.74) is 0.449. The van der Waals surface area contributed by atoms with Crippen LogP contribution in [0, 0.1) is 0 Å². The number of ether oxygens (including phenoxy) is 1. The van der Waals surface area contributed by atoms with Crippen molar-refractivity contribution in [1.29, 1.82) is 0 Å². The molecule has 2 aromatic carbocycles. The van der Waals surface area contributed by atoms with Crippen LogP contribution in [0.4, 0.5) is 5.69 Å². The molecule has 0 saturated heterocycles. The lowest BCUT2D eigenvalue weighted by Gasteiger charge is -2.27. The number of aliphatic carboxylic acids is 1. The van der Waals surface area contributed by atoms with Crippen molar-refractivity contribution in [3.8, 4) is 0 Å². The summed E-state index contributed by atoms with van der Waals surface area (Å²) >= 11 is 0. The molecular formula is C20H22N2O5. The smallest absolute Gasteiger partial charge is 0.305 e. The second-order valence-corrected chi connectivity index (χ2v) is 6.03. The summed E-state index contributed by atoms with van der Waals surface area (Å²) in [4.78, 5) is 35.1. The molecule has 0 radical (unpaired) electrons. The topological polar surface area (TPSA) is 105 Å². The summed E-state index contributed by atoms with van der Waals surface area (Å²) in [7, 11) is 1.47. The first kappa shape index (κ1) is 20.1. The van der Waals surface area contributed by atoms with Gasteiger partial charge >= 0.3 is 5.97 Å². The van der Waals surface area contributed by atoms with Gasteiger partial charge in [0.05, 0.1) is 6.42 Å². The van der Waals surface area contributed by atoms with Crippen LogP contribution in [-0.4, -0.2) is 36.5 Å². The van der Waals surface area contributed by atoms with Gasteiger partial charge in [0.25, 0.3) is 11.8 Å². The minimum Gasteiger partial charge on any atom is -0.481 e. The van der Waals surface area contributed by atoms with Crippen molar-refractivity contribution in [2.24, 2.45) is 0 Å². The van der Waals surface area contributed by atoms with E-state index in [9.17, 15) is 14.4 Å². The van der Waals surface area contributed by atoms with Crippen molar-refractivity contribution >= 4 is 23.5 Å². The van der Waals surface area contributed by atoms with E-state index in [0.717, 1.165) is 5.56 Å². The first-order valence-corrected chi connectivity index (χ1v) is 8.39. The lowest BCUT2D eigenvalue weighted by Crippen LogP contribution is -2.39. The van der Waals surface area contributed by atoms with Gasteiger partial charge in [0.15, 0.2) is 5.60 Å². The molecule has 142 valence electrons. The summed E-state index contributed by atoms with van der Waals surface area (Å²) in [6, 6.07) is 15.5. The van der Waals surface area contributed by atoms with Crippen molar-refractivity contribution in [3.63, 3.8) is 0 Å².